The number of nitrogens with one attached hydrogen (secondary N) is 1. The summed E-state index contributed by atoms with van der Waals surface area (Å²) in [5, 5.41) is 17.9. The molecule has 0 radical (unpaired) electrons. The Morgan fingerprint density at radius 2 is 2.27 bits per heavy atom. The molecule has 5 rings (SSSR count). The number of halogens is 1. The highest BCUT2D eigenvalue weighted by atomic mass is 35.5. The molecule has 8 nitrogen and oxygen atoms in total. The molecule has 0 spiro atoms. The Morgan fingerprint density at radius 3 is 3.09 bits per heavy atom. The zero-order valence-electron chi connectivity index (χ0n) is 17.8. The van der Waals surface area contributed by atoms with E-state index in [4.69, 9.17) is 16.9 Å². The molecule has 0 fully saturated rings. The first kappa shape index (κ1) is 21.9. The molecule has 1 aromatic carbocycles. The van der Waals surface area contributed by atoms with Gasteiger partial charge in [0.25, 0.3) is 0 Å². The monoisotopic (exact) mass is 497 g/mol. The predicted octanol–water partition coefficient (Wildman–Crippen LogP) is 4.96. The Hall–Kier alpha value is -2.87. The van der Waals surface area contributed by atoms with Gasteiger partial charge in [0.05, 0.1) is 33.3 Å². The van der Waals surface area contributed by atoms with Gasteiger partial charge in [-0.05, 0) is 55.4 Å². The molecule has 1 atom stereocenters. The highest BCUT2D eigenvalue weighted by molar-refractivity contribution is 7.19. The molecule has 0 saturated carbocycles. The van der Waals surface area contributed by atoms with Crippen molar-refractivity contribution in [2.24, 2.45) is 5.92 Å². The average Bonchev–Trinajstić information content (AvgIpc) is 3.43. The number of benzene rings is 1. The summed E-state index contributed by atoms with van der Waals surface area (Å²) in [6.45, 7) is 3.07. The van der Waals surface area contributed by atoms with E-state index in [-0.39, 0.29) is 11.8 Å². The van der Waals surface area contributed by atoms with E-state index >= 15 is 0 Å². The molecule has 168 valence electrons. The van der Waals surface area contributed by atoms with E-state index in [0.29, 0.717) is 36.8 Å². The van der Waals surface area contributed by atoms with Gasteiger partial charge in [0.1, 0.15) is 22.5 Å². The highest BCUT2D eigenvalue weighted by Crippen LogP contribution is 2.41. The molecule has 0 unspecified atom stereocenters. The second kappa shape index (κ2) is 9.17. The van der Waals surface area contributed by atoms with Crippen molar-refractivity contribution in [1.82, 2.24) is 24.5 Å². The van der Waals surface area contributed by atoms with E-state index in [2.05, 4.69) is 30.9 Å². The van der Waals surface area contributed by atoms with Crippen LogP contribution in [-0.4, -0.2) is 43.5 Å². The highest BCUT2D eigenvalue weighted by Gasteiger charge is 2.31. The number of rotatable bonds is 6. The van der Waals surface area contributed by atoms with Gasteiger partial charge in [-0.2, -0.15) is 5.26 Å². The summed E-state index contributed by atoms with van der Waals surface area (Å²) >= 11 is 9.43. The summed E-state index contributed by atoms with van der Waals surface area (Å²) in [6.07, 6.45) is 4.16. The third-order valence-electron chi connectivity index (χ3n) is 5.97. The minimum Gasteiger partial charge on any atom is -0.342 e. The number of anilines is 2. The van der Waals surface area contributed by atoms with E-state index < -0.39 is 0 Å². The van der Waals surface area contributed by atoms with Gasteiger partial charge in [0.2, 0.25) is 5.91 Å². The lowest BCUT2D eigenvalue weighted by Crippen LogP contribution is -2.38. The zero-order chi connectivity index (χ0) is 22.9. The van der Waals surface area contributed by atoms with Gasteiger partial charge in [-0.25, -0.2) is 9.97 Å². The van der Waals surface area contributed by atoms with Crippen LogP contribution in [0.1, 0.15) is 30.2 Å². The summed E-state index contributed by atoms with van der Waals surface area (Å²) in [5.41, 5.74) is 2.72. The maximum atomic E-state index is 13.0. The molecule has 3 heterocycles. The summed E-state index contributed by atoms with van der Waals surface area (Å²) < 4.78 is 4.92. The second-order valence-electron chi connectivity index (χ2n) is 7.87. The Morgan fingerprint density at radius 1 is 1.39 bits per heavy atom. The number of carbonyl (C=O) groups excluding carboxylic acids is 1. The fourth-order valence-corrected chi connectivity index (χ4v) is 6.36. The van der Waals surface area contributed by atoms with Crippen LogP contribution in [0.4, 0.5) is 11.5 Å². The number of amides is 1. The number of fused-ring (bicyclic) bond motifs is 4. The van der Waals surface area contributed by atoms with Gasteiger partial charge in [0, 0.05) is 23.9 Å². The minimum atomic E-state index is -0.0655. The molecule has 11 heteroatoms. The number of thiophene rings is 1. The maximum absolute atomic E-state index is 13.0. The van der Waals surface area contributed by atoms with Crippen LogP contribution in [-0.2, 0) is 17.6 Å². The molecule has 1 amide bonds. The molecule has 0 aliphatic heterocycles. The topological polar surface area (TPSA) is 108 Å². The zero-order valence-corrected chi connectivity index (χ0v) is 20.2. The molecule has 0 bridgehead atoms. The van der Waals surface area contributed by atoms with E-state index in [1.165, 1.54) is 22.0 Å². The van der Waals surface area contributed by atoms with Crippen molar-refractivity contribution in [1.29, 1.82) is 5.26 Å². The molecular formula is C22H20ClN7OS2. The third-order valence-corrected chi connectivity index (χ3v) is 8.13. The van der Waals surface area contributed by atoms with Crippen molar-refractivity contribution in [2.75, 3.05) is 18.4 Å². The van der Waals surface area contributed by atoms with Crippen LogP contribution in [0, 0.1) is 17.2 Å². The number of aromatic nitrogens is 4. The first-order valence-corrected chi connectivity index (χ1v) is 12.7. The Balaban J connectivity index is 1.44. The second-order valence-corrected chi connectivity index (χ2v) is 10.1. The maximum Gasteiger partial charge on any atom is 0.226 e. The van der Waals surface area contributed by atoms with Crippen molar-refractivity contribution in [3.63, 3.8) is 0 Å². The van der Waals surface area contributed by atoms with E-state index in [0.717, 1.165) is 39.0 Å². The number of carbonyl (C=O) groups is 1. The van der Waals surface area contributed by atoms with E-state index in [1.807, 2.05) is 13.0 Å². The Kier molecular flexibility index (Phi) is 6.10. The largest absolute Gasteiger partial charge is 0.342 e. The molecule has 0 saturated heterocycles. The Bertz CT molecular complexity index is 1390. The number of hydrogen-bond acceptors (Lipinski definition) is 9. The summed E-state index contributed by atoms with van der Waals surface area (Å²) in [5.74, 6) is 0.785. The summed E-state index contributed by atoms with van der Waals surface area (Å²) in [6, 6.07) is 5.86. The van der Waals surface area contributed by atoms with Crippen LogP contribution in [0.25, 0.3) is 20.4 Å². The Labute approximate surface area is 203 Å². The molecule has 1 aliphatic carbocycles. The van der Waals surface area contributed by atoms with E-state index in [1.54, 1.807) is 28.6 Å². The molecule has 1 aliphatic rings. The molecule has 4 aromatic rings. The van der Waals surface area contributed by atoms with Crippen molar-refractivity contribution in [2.45, 2.75) is 32.6 Å². The van der Waals surface area contributed by atoms with Crippen LogP contribution >= 0.6 is 34.5 Å². The van der Waals surface area contributed by atoms with Crippen LogP contribution in [0.5, 0.6) is 0 Å². The molecular weight excluding hydrogens is 478 g/mol. The first-order chi connectivity index (χ1) is 16.1. The summed E-state index contributed by atoms with van der Waals surface area (Å²) in [4.78, 5) is 25.9. The summed E-state index contributed by atoms with van der Waals surface area (Å²) in [7, 11) is 0. The van der Waals surface area contributed by atoms with Crippen LogP contribution in [0.3, 0.4) is 0 Å². The fraction of sp³-hybridized carbons (Fsp3) is 0.364. The van der Waals surface area contributed by atoms with Crippen LogP contribution in [0.15, 0.2) is 18.5 Å². The number of nitrogens with zero attached hydrogens (tertiary/aromatic N) is 6. The third kappa shape index (κ3) is 4.12. The molecule has 1 N–H and O–H groups in total. The number of nitriles is 1. The van der Waals surface area contributed by atoms with Crippen molar-refractivity contribution in [3.8, 4) is 6.07 Å². The number of aryl methyl sites for hydroxylation is 1. The minimum absolute atomic E-state index is 0.0655. The van der Waals surface area contributed by atoms with Gasteiger partial charge in [-0.15, -0.1) is 16.4 Å². The van der Waals surface area contributed by atoms with Gasteiger partial charge in [0.15, 0.2) is 0 Å². The smallest absolute Gasteiger partial charge is 0.226 e. The lowest BCUT2D eigenvalue weighted by atomic mass is 9.86. The van der Waals surface area contributed by atoms with Crippen molar-refractivity contribution >= 4 is 72.3 Å². The quantitative estimate of drug-likeness (QED) is 0.401. The predicted molar refractivity (Wildman–Crippen MR) is 131 cm³/mol. The van der Waals surface area contributed by atoms with Crippen LogP contribution in [0.2, 0.25) is 5.02 Å². The van der Waals surface area contributed by atoms with Crippen molar-refractivity contribution < 1.29 is 4.79 Å². The van der Waals surface area contributed by atoms with Crippen molar-refractivity contribution in [3.05, 3.63) is 33.9 Å². The molecule has 3 aromatic heterocycles. The normalized spacial score (nSPS) is 15.4. The fourth-order valence-electron chi connectivity index (χ4n) is 4.31. The van der Waals surface area contributed by atoms with Gasteiger partial charge < -0.3 is 10.2 Å². The molecule has 33 heavy (non-hydrogen) atoms. The lowest BCUT2D eigenvalue weighted by Gasteiger charge is -2.28. The van der Waals surface area contributed by atoms with E-state index in [9.17, 15) is 4.79 Å². The van der Waals surface area contributed by atoms with Crippen LogP contribution < -0.4 is 5.32 Å². The lowest BCUT2D eigenvalue weighted by molar-refractivity contribution is -0.135. The van der Waals surface area contributed by atoms with Gasteiger partial charge in [-0.1, -0.05) is 16.1 Å². The SMILES string of the molecule is CCN(CCC#N)C(=O)[C@H]1CCc2c(sc3ncnc(Nc4cc5snnc5cc4Cl)c23)C1. The van der Waals surface area contributed by atoms with Gasteiger partial charge in [-0.3, -0.25) is 4.79 Å². The number of hydrogen-bond donors (Lipinski definition) is 1. The average molecular weight is 498 g/mol. The van der Waals surface area contributed by atoms with Gasteiger partial charge >= 0.3 is 0 Å². The first-order valence-electron chi connectivity index (χ1n) is 10.7. The standard InChI is InChI=1S/C22H20ClN7OS2/c1-2-30(7-3-6-24)22(31)12-4-5-13-17(8-12)32-21-19(13)20(25-11-26-21)27-15-10-18-16(9-14(15)23)28-29-33-18/h9-12H,2-5,7-8H2,1H3,(H,25,26,27)/t12-/m0/s1.